The maximum Gasteiger partial charge on any atom is 0.276 e. The Morgan fingerprint density at radius 2 is 1.40 bits per heavy atom. The average Bonchev–Trinajstić information content (AvgIpc) is 2.41. The van der Waals surface area contributed by atoms with Crippen LogP contribution in [-0.4, -0.2) is 14.6 Å². The highest BCUT2D eigenvalue weighted by atomic mass is 32.2. The van der Waals surface area contributed by atoms with Crippen LogP contribution in [0.15, 0.2) is 58.5 Å². The van der Waals surface area contributed by atoms with Gasteiger partial charge >= 0.3 is 0 Å². The molecule has 0 bridgehead atoms. The van der Waals surface area contributed by atoms with Gasteiger partial charge in [-0.3, -0.25) is 0 Å². The fraction of sp³-hybridized carbons (Fsp3) is 0. The third kappa shape index (κ3) is 3.61. The van der Waals surface area contributed by atoms with E-state index in [0.29, 0.717) is 5.56 Å². The largest absolute Gasteiger partial charge is 0.276 e. The zero-order valence-corrected chi connectivity index (χ0v) is 10.9. The highest BCUT2D eigenvalue weighted by Crippen LogP contribution is 2.09. The molecule has 0 spiro atoms. The van der Waals surface area contributed by atoms with Crippen molar-refractivity contribution in [3.8, 4) is 0 Å². The van der Waals surface area contributed by atoms with E-state index in [0.717, 1.165) is 24.3 Å². The smallest absolute Gasteiger partial charge is 0.207 e. The normalized spacial score (nSPS) is 11.7. The maximum absolute atomic E-state index is 12.7. The summed E-state index contributed by atoms with van der Waals surface area (Å²) in [5.41, 5.74) is 0.535. The summed E-state index contributed by atoms with van der Waals surface area (Å²) in [6, 6.07) is 9.70. The van der Waals surface area contributed by atoms with Crippen LogP contribution in [-0.2, 0) is 10.0 Å². The predicted molar refractivity (Wildman–Crippen MR) is 70.7 cm³/mol. The van der Waals surface area contributed by atoms with Crippen molar-refractivity contribution in [2.24, 2.45) is 5.10 Å². The number of halogens is 2. The first kappa shape index (κ1) is 14.1. The molecule has 0 aromatic heterocycles. The molecule has 0 aliphatic heterocycles. The Kier molecular flexibility index (Phi) is 4.09. The number of sulfonamides is 1. The summed E-state index contributed by atoms with van der Waals surface area (Å²) >= 11 is 0. The van der Waals surface area contributed by atoms with Gasteiger partial charge < -0.3 is 0 Å². The van der Waals surface area contributed by atoms with Gasteiger partial charge in [0.25, 0.3) is 10.0 Å². The molecule has 0 atom stereocenters. The lowest BCUT2D eigenvalue weighted by Crippen LogP contribution is -2.18. The van der Waals surface area contributed by atoms with Crippen LogP contribution in [0.1, 0.15) is 5.56 Å². The molecular weight excluding hydrogens is 286 g/mol. The van der Waals surface area contributed by atoms with Crippen molar-refractivity contribution >= 4 is 16.2 Å². The fourth-order valence-electron chi connectivity index (χ4n) is 1.39. The van der Waals surface area contributed by atoms with E-state index in [-0.39, 0.29) is 4.90 Å². The summed E-state index contributed by atoms with van der Waals surface area (Å²) in [5, 5.41) is 3.56. The fourth-order valence-corrected chi connectivity index (χ4v) is 2.18. The number of benzene rings is 2. The van der Waals surface area contributed by atoms with E-state index in [9.17, 15) is 17.2 Å². The van der Waals surface area contributed by atoms with E-state index in [2.05, 4.69) is 5.10 Å². The first-order valence-electron chi connectivity index (χ1n) is 5.53. The van der Waals surface area contributed by atoms with Gasteiger partial charge in [0, 0.05) is 0 Å². The molecule has 104 valence electrons. The molecule has 20 heavy (non-hydrogen) atoms. The lowest BCUT2D eigenvalue weighted by molar-refractivity contribution is 0.583. The second-order valence-electron chi connectivity index (χ2n) is 3.86. The van der Waals surface area contributed by atoms with Gasteiger partial charge in [0.1, 0.15) is 11.6 Å². The van der Waals surface area contributed by atoms with Crippen LogP contribution >= 0.6 is 0 Å². The SMILES string of the molecule is O=S(=O)(N/N=C/c1ccc(F)cc1)c1ccc(F)cc1. The van der Waals surface area contributed by atoms with Crippen molar-refractivity contribution in [3.63, 3.8) is 0 Å². The van der Waals surface area contributed by atoms with E-state index in [1.165, 1.54) is 30.5 Å². The summed E-state index contributed by atoms with van der Waals surface area (Å²) in [5.74, 6) is -0.923. The average molecular weight is 296 g/mol. The summed E-state index contributed by atoms with van der Waals surface area (Å²) in [6.45, 7) is 0. The predicted octanol–water partition coefficient (Wildman–Crippen LogP) is 2.28. The van der Waals surface area contributed by atoms with E-state index in [4.69, 9.17) is 0 Å². The summed E-state index contributed by atoms with van der Waals surface area (Å²) in [7, 11) is -3.84. The Balaban J connectivity index is 2.09. The Morgan fingerprint density at radius 3 is 1.95 bits per heavy atom. The molecule has 0 saturated heterocycles. The van der Waals surface area contributed by atoms with Gasteiger partial charge in [0.05, 0.1) is 11.1 Å². The molecule has 0 amide bonds. The molecular formula is C13H10F2N2O2S. The minimum atomic E-state index is -3.84. The Morgan fingerprint density at radius 1 is 0.900 bits per heavy atom. The molecule has 0 fully saturated rings. The van der Waals surface area contributed by atoms with Crippen LogP contribution in [0.3, 0.4) is 0 Å². The molecule has 0 unspecified atom stereocenters. The maximum atomic E-state index is 12.7. The minimum Gasteiger partial charge on any atom is -0.207 e. The van der Waals surface area contributed by atoms with Crippen molar-refractivity contribution in [2.75, 3.05) is 0 Å². The van der Waals surface area contributed by atoms with Crippen LogP contribution in [0.25, 0.3) is 0 Å². The number of hydrogen-bond acceptors (Lipinski definition) is 3. The van der Waals surface area contributed by atoms with Crippen LogP contribution in [0, 0.1) is 11.6 Å². The lowest BCUT2D eigenvalue weighted by atomic mass is 10.2. The minimum absolute atomic E-state index is 0.102. The molecule has 4 nitrogen and oxygen atoms in total. The molecule has 7 heteroatoms. The molecule has 0 radical (unpaired) electrons. The quantitative estimate of drug-likeness (QED) is 0.695. The van der Waals surface area contributed by atoms with Crippen LogP contribution in [0.4, 0.5) is 8.78 Å². The van der Waals surface area contributed by atoms with E-state index in [1.54, 1.807) is 0 Å². The zero-order valence-electron chi connectivity index (χ0n) is 10.1. The van der Waals surface area contributed by atoms with E-state index < -0.39 is 21.7 Å². The van der Waals surface area contributed by atoms with Crippen molar-refractivity contribution in [1.29, 1.82) is 0 Å². The number of hydrogen-bond donors (Lipinski definition) is 1. The Hall–Kier alpha value is -2.28. The molecule has 0 heterocycles. The van der Waals surface area contributed by atoms with Gasteiger partial charge in [-0.1, -0.05) is 12.1 Å². The molecule has 2 rings (SSSR count). The van der Waals surface area contributed by atoms with Crippen LogP contribution in [0.5, 0.6) is 0 Å². The van der Waals surface area contributed by atoms with E-state index in [1.807, 2.05) is 4.83 Å². The second-order valence-corrected chi connectivity index (χ2v) is 5.52. The molecule has 0 aliphatic carbocycles. The Labute approximate surface area is 114 Å². The van der Waals surface area contributed by atoms with E-state index >= 15 is 0 Å². The van der Waals surface area contributed by atoms with Crippen molar-refractivity contribution in [2.45, 2.75) is 4.90 Å². The Bertz CT molecular complexity index is 711. The third-order valence-corrected chi connectivity index (χ3v) is 3.62. The first-order chi connectivity index (χ1) is 9.47. The van der Waals surface area contributed by atoms with Crippen molar-refractivity contribution < 1.29 is 17.2 Å². The number of nitrogens with zero attached hydrogens (tertiary/aromatic N) is 1. The van der Waals surface area contributed by atoms with Crippen molar-refractivity contribution in [1.82, 2.24) is 4.83 Å². The second kappa shape index (κ2) is 5.79. The molecule has 2 aromatic carbocycles. The van der Waals surface area contributed by atoms with Crippen LogP contribution < -0.4 is 4.83 Å². The number of nitrogens with one attached hydrogen (secondary N) is 1. The first-order valence-corrected chi connectivity index (χ1v) is 7.02. The topological polar surface area (TPSA) is 58.5 Å². The van der Waals surface area contributed by atoms with Gasteiger partial charge in [-0.25, -0.2) is 13.6 Å². The molecule has 2 aromatic rings. The number of hydrazone groups is 1. The molecule has 0 aliphatic rings. The van der Waals surface area contributed by atoms with Crippen molar-refractivity contribution in [3.05, 3.63) is 65.7 Å². The summed E-state index contributed by atoms with van der Waals surface area (Å²) in [4.78, 5) is 1.88. The third-order valence-electron chi connectivity index (χ3n) is 2.38. The van der Waals surface area contributed by atoms with Gasteiger partial charge in [0.2, 0.25) is 0 Å². The van der Waals surface area contributed by atoms with Gasteiger partial charge in [-0.2, -0.15) is 13.5 Å². The summed E-state index contributed by atoms with van der Waals surface area (Å²) in [6.07, 6.45) is 1.24. The van der Waals surface area contributed by atoms with Gasteiger partial charge in [-0.15, -0.1) is 0 Å². The lowest BCUT2D eigenvalue weighted by Gasteiger charge is -2.02. The number of rotatable bonds is 4. The standard InChI is InChI=1S/C13H10F2N2O2S/c14-11-3-1-10(2-4-11)9-16-17-20(18,19)13-7-5-12(15)6-8-13/h1-9,17H/b16-9+. The van der Waals surface area contributed by atoms with Crippen LogP contribution in [0.2, 0.25) is 0 Å². The highest BCUT2D eigenvalue weighted by molar-refractivity contribution is 7.89. The molecule has 0 saturated carbocycles. The monoisotopic (exact) mass is 296 g/mol. The molecule has 1 N–H and O–H groups in total. The summed E-state index contributed by atoms with van der Waals surface area (Å²) < 4.78 is 48.9. The van der Waals surface area contributed by atoms with Gasteiger partial charge in [-0.05, 0) is 42.0 Å². The van der Waals surface area contributed by atoms with Gasteiger partial charge in [0.15, 0.2) is 0 Å². The zero-order chi connectivity index (χ0) is 14.6. The highest BCUT2D eigenvalue weighted by Gasteiger charge is 2.12.